The Labute approximate surface area is 128 Å². The second kappa shape index (κ2) is 4.47. The summed E-state index contributed by atoms with van der Waals surface area (Å²) in [5.74, 6) is 1.28. The van der Waals surface area contributed by atoms with Gasteiger partial charge in [0.2, 0.25) is 5.91 Å². The van der Waals surface area contributed by atoms with Crippen molar-refractivity contribution in [3.05, 3.63) is 0 Å². The first-order valence-corrected chi connectivity index (χ1v) is 8.75. The van der Waals surface area contributed by atoms with E-state index < -0.39 is 0 Å². The number of carbonyl (C=O) groups is 1. The molecule has 4 bridgehead atoms. The van der Waals surface area contributed by atoms with Crippen molar-refractivity contribution in [1.29, 1.82) is 0 Å². The maximum atomic E-state index is 12.8. The molecule has 0 aromatic heterocycles. The second-order valence-electron chi connectivity index (χ2n) is 9.30. The minimum atomic E-state index is 0.318. The molecule has 5 fully saturated rings. The lowest BCUT2D eigenvalue weighted by Crippen LogP contribution is -2.56. The van der Waals surface area contributed by atoms with Gasteiger partial charge in [-0.25, -0.2) is 0 Å². The lowest BCUT2D eigenvalue weighted by molar-refractivity contribution is -0.163. The molecule has 2 atom stereocenters. The Balaban J connectivity index is 1.52. The molecule has 0 aromatic rings. The van der Waals surface area contributed by atoms with Gasteiger partial charge in [-0.1, -0.05) is 13.8 Å². The molecule has 1 heterocycles. The smallest absolute Gasteiger partial charge is 0.223 e. The molecule has 3 heteroatoms. The molecular weight excluding hydrogens is 262 g/mol. The van der Waals surface area contributed by atoms with Crippen LogP contribution < -0.4 is 0 Å². The third-order valence-electron chi connectivity index (χ3n) is 6.63. The van der Waals surface area contributed by atoms with Gasteiger partial charge < -0.3 is 9.64 Å². The summed E-state index contributed by atoms with van der Waals surface area (Å²) < 4.78 is 5.38. The third-order valence-corrected chi connectivity index (χ3v) is 6.63. The van der Waals surface area contributed by atoms with E-state index in [2.05, 4.69) is 13.8 Å². The molecule has 1 amide bonds. The maximum absolute atomic E-state index is 12.8. The van der Waals surface area contributed by atoms with Crippen molar-refractivity contribution in [3.8, 4) is 0 Å². The number of carbonyl (C=O) groups excluding carboxylic acids is 1. The summed E-state index contributed by atoms with van der Waals surface area (Å²) in [7, 11) is 0. The number of rotatable bonds is 2. The maximum Gasteiger partial charge on any atom is 0.223 e. The van der Waals surface area contributed by atoms with Crippen molar-refractivity contribution >= 4 is 5.91 Å². The van der Waals surface area contributed by atoms with Crippen molar-refractivity contribution in [2.75, 3.05) is 26.3 Å². The van der Waals surface area contributed by atoms with Crippen LogP contribution in [-0.2, 0) is 9.53 Å². The van der Waals surface area contributed by atoms with Gasteiger partial charge in [0.05, 0.1) is 13.2 Å². The van der Waals surface area contributed by atoms with Crippen LogP contribution in [0.1, 0.15) is 58.8 Å². The quantitative estimate of drug-likeness (QED) is 0.781. The molecule has 4 aliphatic carbocycles. The van der Waals surface area contributed by atoms with Crippen molar-refractivity contribution in [3.63, 3.8) is 0 Å². The van der Waals surface area contributed by atoms with E-state index in [1.807, 2.05) is 4.90 Å². The number of hydrogen-bond acceptors (Lipinski definition) is 2. The largest absolute Gasteiger partial charge is 0.378 e. The van der Waals surface area contributed by atoms with Crippen molar-refractivity contribution in [2.24, 2.45) is 22.2 Å². The number of morpholine rings is 1. The fourth-order valence-corrected chi connectivity index (χ4v) is 7.13. The van der Waals surface area contributed by atoms with Crippen LogP contribution >= 0.6 is 0 Å². The standard InChI is InChI=1S/C18H29NO2/c1-16-7-14-8-17(2,11-16)13-18(9-14,12-16)10-15(20)19-3-5-21-6-4-19/h14H,3-13H2,1-2H3. The van der Waals surface area contributed by atoms with Gasteiger partial charge in [0.15, 0.2) is 0 Å². The van der Waals surface area contributed by atoms with Crippen LogP contribution in [0.25, 0.3) is 0 Å². The van der Waals surface area contributed by atoms with E-state index in [4.69, 9.17) is 4.74 Å². The van der Waals surface area contributed by atoms with E-state index >= 15 is 0 Å². The molecule has 3 nitrogen and oxygen atoms in total. The molecule has 118 valence electrons. The highest BCUT2D eigenvalue weighted by Crippen LogP contribution is 2.70. The van der Waals surface area contributed by atoms with Gasteiger partial charge in [-0.3, -0.25) is 4.79 Å². The fraction of sp³-hybridized carbons (Fsp3) is 0.944. The summed E-state index contributed by atoms with van der Waals surface area (Å²) in [5.41, 5.74) is 1.34. The Morgan fingerprint density at radius 3 is 2.24 bits per heavy atom. The number of hydrogen-bond donors (Lipinski definition) is 0. The summed E-state index contributed by atoms with van der Waals surface area (Å²) in [6, 6.07) is 0. The van der Waals surface area contributed by atoms with Gasteiger partial charge in [0.25, 0.3) is 0 Å². The number of nitrogens with zero attached hydrogens (tertiary/aromatic N) is 1. The van der Waals surface area contributed by atoms with E-state index in [-0.39, 0.29) is 0 Å². The molecule has 1 saturated heterocycles. The molecule has 1 aliphatic heterocycles. The molecule has 21 heavy (non-hydrogen) atoms. The van der Waals surface area contributed by atoms with E-state index in [1.54, 1.807) is 0 Å². The molecule has 0 spiro atoms. The highest BCUT2D eigenvalue weighted by atomic mass is 16.5. The summed E-state index contributed by atoms with van der Waals surface area (Å²) in [5, 5.41) is 0. The van der Waals surface area contributed by atoms with Gasteiger partial charge in [-0.15, -0.1) is 0 Å². The lowest BCUT2D eigenvalue weighted by atomic mass is 9.40. The van der Waals surface area contributed by atoms with Crippen LogP contribution in [0.2, 0.25) is 0 Å². The normalized spacial score (nSPS) is 48.7. The molecule has 4 saturated carbocycles. The molecule has 2 unspecified atom stereocenters. The molecule has 0 radical (unpaired) electrons. The first-order chi connectivity index (χ1) is 9.90. The molecule has 0 aromatic carbocycles. The van der Waals surface area contributed by atoms with Crippen LogP contribution in [-0.4, -0.2) is 37.1 Å². The Kier molecular flexibility index (Phi) is 2.99. The van der Waals surface area contributed by atoms with Gasteiger partial charge >= 0.3 is 0 Å². The second-order valence-corrected chi connectivity index (χ2v) is 9.30. The van der Waals surface area contributed by atoms with Gasteiger partial charge in [-0.2, -0.15) is 0 Å². The van der Waals surface area contributed by atoms with E-state index in [0.717, 1.165) is 38.6 Å². The number of ether oxygens (including phenoxy) is 1. The van der Waals surface area contributed by atoms with Gasteiger partial charge in [0, 0.05) is 19.5 Å². The predicted octanol–water partition coefficient (Wildman–Crippen LogP) is 3.23. The Bertz CT molecular complexity index is 436. The van der Waals surface area contributed by atoms with E-state index in [1.165, 1.54) is 38.5 Å². The highest BCUT2D eigenvalue weighted by Gasteiger charge is 2.60. The van der Waals surface area contributed by atoms with Crippen molar-refractivity contribution in [2.45, 2.75) is 58.8 Å². The monoisotopic (exact) mass is 291 g/mol. The minimum absolute atomic E-state index is 0.318. The Morgan fingerprint density at radius 1 is 1.05 bits per heavy atom. The minimum Gasteiger partial charge on any atom is -0.378 e. The predicted molar refractivity (Wildman–Crippen MR) is 81.9 cm³/mol. The zero-order chi connectivity index (χ0) is 14.7. The van der Waals surface area contributed by atoms with E-state index in [9.17, 15) is 4.79 Å². The summed E-state index contributed by atoms with van der Waals surface area (Å²) in [6.45, 7) is 8.01. The van der Waals surface area contributed by atoms with Crippen LogP contribution in [0.3, 0.4) is 0 Å². The van der Waals surface area contributed by atoms with Crippen LogP contribution in [0.5, 0.6) is 0 Å². The summed E-state index contributed by atoms with van der Waals surface area (Å²) in [6.07, 6.45) is 8.92. The SMILES string of the molecule is CC12CC3CC(C)(C1)CC(CC(=O)N1CCOCC1)(C3)C2. The molecular formula is C18H29NO2. The lowest BCUT2D eigenvalue weighted by Gasteiger charge is -2.65. The fourth-order valence-electron chi connectivity index (χ4n) is 7.13. The topological polar surface area (TPSA) is 29.5 Å². The molecule has 5 rings (SSSR count). The average Bonchev–Trinajstić information content (AvgIpc) is 2.34. The number of amides is 1. The summed E-state index contributed by atoms with van der Waals surface area (Å²) in [4.78, 5) is 14.8. The van der Waals surface area contributed by atoms with Crippen LogP contribution in [0.15, 0.2) is 0 Å². The molecule has 0 N–H and O–H groups in total. The zero-order valence-corrected chi connectivity index (χ0v) is 13.6. The Morgan fingerprint density at radius 2 is 1.67 bits per heavy atom. The summed E-state index contributed by atoms with van der Waals surface area (Å²) >= 11 is 0. The third kappa shape index (κ3) is 2.42. The Hall–Kier alpha value is -0.570. The van der Waals surface area contributed by atoms with Crippen molar-refractivity contribution in [1.82, 2.24) is 4.90 Å². The molecule has 5 aliphatic rings. The average molecular weight is 291 g/mol. The van der Waals surface area contributed by atoms with E-state index in [0.29, 0.717) is 22.2 Å². The first kappa shape index (κ1) is 14.0. The zero-order valence-electron chi connectivity index (χ0n) is 13.6. The highest BCUT2D eigenvalue weighted by molar-refractivity contribution is 5.77. The van der Waals surface area contributed by atoms with Crippen molar-refractivity contribution < 1.29 is 9.53 Å². The van der Waals surface area contributed by atoms with Gasteiger partial charge in [-0.05, 0) is 60.7 Å². The first-order valence-electron chi connectivity index (χ1n) is 8.75. The van der Waals surface area contributed by atoms with Crippen LogP contribution in [0, 0.1) is 22.2 Å². The van der Waals surface area contributed by atoms with Crippen LogP contribution in [0.4, 0.5) is 0 Å². The van der Waals surface area contributed by atoms with Gasteiger partial charge in [0.1, 0.15) is 0 Å².